The highest BCUT2D eigenvalue weighted by Gasteiger charge is 2.45. The van der Waals surface area contributed by atoms with Crippen LogP contribution in [-0.2, 0) is 5.60 Å². The molecule has 1 nitrogen and oxygen atoms in total. The van der Waals surface area contributed by atoms with Crippen molar-refractivity contribution in [3.05, 3.63) is 106 Å². The molecule has 0 spiro atoms. The number of benzene rings is 4. The van der Waals surface area contributed by atoms with Gasteiger partial charge in [0.2, 0.25) is 0 Å². The average molecular weight is 405 g/mol. The van der Waals surface area contributed by atoms with Gasteiger partial charge in [-0.05, 0) is 40.1 Å². The molecule has 0 aromatic heterocycles. The van der Waals surface area contributed by atoms with Gasteiger partial charge in [-0.1, -0.05) is 76.6 Å². The third-order valence-corrected chi connectivity index (χ3v) is 5.82. The Morgan fingerprint density at radius 1 is 0.846 bits per heavy atom. The second-order valence-corrected chi connectivity index (χ2v) is 7.45. The van der Waals surface area contributed by atoms with Gasteiger partial charge in [-0.3, -0.25) is 0 Å². The summed E-state index contributed by atoms with van der Waals surface area (Å²) in [5.41, 5.74) is 2.48. The van der Waals surface area contributed by atoms with Crippen LogP contribution in [0.3, 0.4) is 0 Å². The van der Waals surface area contributed by atoms with Crippen LogP contribution in [0.25, 0.3) is 21.9 Å². The van der Waals surface area contributed by atoms with Crippen LogP contribution >= 0.6 is 15.9 Å². The van der Waals surface area contributed by atoms with Gasteiger partial charge in [0.05, 0.1) is 0 Å². The Bertz CT molecular complexity index is 1170. The van der Waals surface area contributed by atoms with Crippen molar-refractivity contribution in [2.45, 2.75) is 5.60 Å². The van der Waals surface area contributed by atoms with Crippen molar-refractivity contribution in [2.24, 2.45) is 0 Å². The number of aliphatic hydroxyl groups is 1. The summed E-state index contributed by atoms with van der Waals surface area (Å²) < 4.78 is 15.0. The van der Waals surface area contributed by atoms with Crippen LogP contribution in [0.15, 0.2) is 83.3 Å². The summed E-state index contributed by atoms with van der Waals surface area (Å²) in [6, 6.07) is 24.1. The fraction of sp³-hybridized carbons (Fsp3) is 0.0435. The van der Waals surface area contributed by atoms with Crippen molar-refractivity contribution in [1.29, 1.82) is 0 Å². The quantitative estimate of drug-likeness (QED) is 0.412. The summed E-state index contributed by atoms with van der Waals surface area (Å²) in [5.74, 6) is -0.355. The average Bonchev–Trinajstić information content (AvgIpc) is 2.93. The van der Waals surface area contributed by atoms with E-state index in [-0.39, 0.29) is 5.82 Å². The zero-order chi connectivity index (χ0) is 17.9. The highest BCUT2D eigenvalue weighted by atomic mass is 79.9. The molecule has 1 aliphatic rings. The minimum atomic E-state index is -1.41. The first-order valence-electron chi connectivity index (χ1n) is 8.40. The molecule has 126 valence electrons. The molecule has 0 amide bonds. The first kappa shape index (κ1) is 15.7. The van der Waals surface area contributed by atoms with Crippen molar-refractivity contribution in [3.63, 3.8) is 0 Å². The van der Waals surface area contributed by atoms with Crippen molar-refractivity contribution < 1.29 is 9.50 Å². The third-order valence-electron chi connectivity index (χ3n) is 5.20. The first-order chi connectivity index (χ1) is 12.6. The van der Waals surface area contributed by atoms with Crippen LogP contribution in [0.5, 0.6) is 0 Å². The Hall–Kier alpha value is -2.49. The number of halogens is 2. The number of fused-ring (bicyclic) bond motifs is 5. The summed E-state index contributed by atoms with van der Waals surface area (Å²) in [7, 11) is 0. The molecule has 0 saturated heterocycles. The van der Waals surface area contributed by atoms with E-state index in [9.17, 15) is 9.50 Å². The van der Waals surface area contributed by atoms with Gasteiger partial charge in [0.15, 0.2) is 0 Å². The lowest BCUT2D eigenvalue weighted by atomic mass is 9.82. The van der Waals surface area contributed by atoms with E-state index in [0.29, 0.717) is 5.56 Å². The second kappa shape index (κ2) is 5.50. The molecule has 0 aliphatic heterocycles. The van der Waals surface area contributed by atoms with Gasteiger partial charge in [0, 0.05) is 21.2 Å². The third kappa shape index (κ3) is 1.99. The molecule has 1 N–H and O–H groups in total. The van der Waals surface area contributed by atoms with Crippen LogP contribution in [0.2, 0.25) is 0 Å². The Labute approximate surface area is 158 Å². The summed E-state index contributed by atoms with van der Waals surface area (Å²) in [5, 5.41) is 14.0. The maximum Gasteiger partial charge on any atom is 0.142 e. The lowest BCUT2D eigenvalue weighted by molar-refractivity contribution is 0.132. The molecule has 1 unspecified atom stereocenters. The van der Waals surface area contributed by atoms with Crippen LogP contribution in [0, 0.1) is 5.82 Å². The molecule has 3 heteroatoms. The summed E-state index contributed by atoms with van der Waals surface area (Å²) in [6.07, 6.45) is 0. The van der Waals surface area contributed by atoms with E-state index in [1.165, 1.54) is 12.1 Å². The van der Waals surface area contributed by atoms with Crippen molar-refractivity contribution in [3.8, 4) is 11.1 Å². The van der Waals surface area contributed by atoms with Gasteiger partial charge in [-0.25, -0.2) is 4.39 Å². The molecule has 5 rings (SSSR count). The predicted molar refractivity (Wildman–Crippen MR) is 106 cm³/mol. The molecule has 26 heavy (non-hydrogen) atoms. The van der Waals surface area contributed by atoms with E-state index < -0.39 is 5.60 Å². The minimum Gasteiger partial charge on any atom is -0.376 e. The van der Waals surface area contributed by atoms with Gasteiger partial charge in [-0.2, -0.15) is 0 Å². The van der Waals surface area contributed by atoms with E-state index in [0.717, 1.165) is 37.5 Å². The van der Waals surface area contributed by atoms with Gasteiger partial charge >= 0.3 is 0 Å². The van der Waals surface area contributed by atoms with Crippen LogP contribution in [0.1, 0.15) is 16.7 Å². The van der Waals surface area contributed by atoms with Crippen LogP contribution < -0.4 is 0 Å². The lowest BCUT2D eigenvalue weighted by Gasteiger charge is -2.28. The molecule has 4 aromatic rings. The molecular weight excluding hydrogens is 391 g/mol. The molecular formula is C23H14BrFO. The SMILES string of the molecule is OC1(c2ccccc2)c2cc(F)ccc2-c2c(Br)cc3ccccc3c21. The second-order valence-electron chi connectivity index (χ2n) is 6.60. The van der Waals surface area contributed by atoms with Crippen molar-refractivity contribution >= 4 is 26.7 Å². The van der Waals surface area contributed by atoms with Crippen molar-refractivity contribution in [1.82, 2.24) is 0 Å². The Morgan fingerprint density at radius 2 is 1.58 bits per heavy atom. The van der Waals surface area contributed by atoms with Gasteiger partial charge < -0.3 is 5.11 Å². The smallest absolute Gasteiger partial charge is 0.142 e. The largest absolute Gasteiger partial charge is 0.376 e. The Kier molecular flexibility index (Phi) is 3.33. The van der Waals surface area contributed by atoms with Gasteiger partial charge in [0.1, 0.15) is 11.4 Å². The fourth-order valence-electron chi connectivity index (χ4n) is 4.10. The van der Waals surface area contributed by atoms with Crippen molar-refractivity contribution in [2.75, 3.05) is 0 Å². The lowest BCUT2D eigenvalue weighted by Crippen LogP contribution is -2.26. The summed E-state index contributed by atoms with van der Waals surface area (Å²) in [6.45, 7) is 0. The van der Waals surface area contributed by atoms with Gasteiger partial charge in [-0.15, -0.1) is 0 Å². The maximum absolute atomic E-state index is 14.1. The van der Waals surface area contributed by atoms with E-state index >= 15 is 0 Å². The van der Waals surface area contributed by atoms with E-state index in [1.54, 1.807) is 6.07 Å². The van der Waals surface area contributed by atoms with Gasteiger partial charge in [0.25, 0.3) is 0 Å². The zero-order valence-electron chi connectivity index (χ0n) is 13.7. The van der Waals surface area contributed by atoms with Crippen LogP contribution in [-0.4, -0.2) is 5.11 Å². The molecule has 0 bridgehead atoms. The summed E-state index contributed by atoms with van der Waals surface area (Å²) in [4.78, 5) is 0. The highest BCUT2D eigenvalue weighted by molar-refractivity contribution is 9.10. The number of hydrogen-bond donors (Lipinski definition) is 1. The first-order valence-corrected chi connectivity index (χ1v) is 9.20. The molecule has 0 saturated carbocycles. The Balaban J connectivity index is 2.01. The minimum absolute atomic E-state index is 0.355. The fourth-order valence-corrected chi connectivity index (χ4v) is 4.76. The summed E-state index contributed by atoms with van der Waals surface area (Å²) >= 11 is 3.68. The van der Waals surface area contributed by atoms with E-state index in [2.05, 4.69) is 22.0 Å². The topological polar surface area (TPSA) is 20.2 Å². The molecule has 4 aromatic carbocycles. The maximum atomic E-state index is 14.1. The van der Waals surface area contributed by atoms with E-state index in [4.69, 9.17) is 0 Å². The Morgan fingerprint density at radius 3 is 2.38 bits per heavy atom. The molecule has 1 aliphatic carbocycles. The normalized spacial score (nSPS) is 18.0. The molecule has 0 heterocycles. The standard InChI is InChI=1S/C23H14BrFO/c24-20-12-14-6-4-5-9-17(14)22-21(20)18-11-10-16(25)13-19(18)23(22,26)15-7-2-1-3-8-15/h1-13,26H. The molecule has 1 atom stereocenters. The number of rotatable bonds is 1. The van der Waals surface area contributed by atoms with Crippen LogP contribution in [0.4, 0.5) is 4.39 Å². The van der Waals surface area contributed by atoms with E-state index in [1.807, 2.05) is 54.6 Å². The number of hydrogen-bond acceptors (Lipinski definition) is 1. The molecule has 0 radical (unpaired) electrons. The molecule has 0 fully saturated rings. The monoisotopic (exact) mass is 404 g/mol. The predicted octanol–water partition coefficient (Wildman–Crippen LogP) is 6.01. The zero-order valence-corrected chi connectivity index (χ0v) is 15.3. The highest BCUT2D eigenvalue weighted by Crippen LogP contribution is 2.55.